The van der Waals surface area contributed by atoms with Crippen molar-refractivity contribution < 1.29 is 4.39 Å². The van der Waals surface area contributed by atoms with Gasteiger partial charge in [0.05, 0.1) is 4.47 Å². The van der Waals surface area contributed by atoms with Crippen molar-refractivity contribution in [2.24, 2.45) is 0 Å². The molecule has 0 bridgehead atoms. The lowest BCUT2D eigenvalue weighted by Gasteiger charge is -2.12. The molecule has 21 heavy (non-hydrogen) atoms. The molecular weight excluding hydrogens is 329 g/mol. The maximum Gasteiger partial charge on any atom is 0.139 e. The number of nitrogens with one attached hydrogen (secondary N) is 1. The van der Waals surface area contributed by atoms with Gasteiger partial charge in [-0.05, 0) is 56.9 Å². The molecule has 1 nitrogen and oxygen atoms in total. The predicted octanol–water partition coefficient (Wildman–Crippen LogP) is 5.66. The summed E-state index contributed by atoms with van der Waals surface area (Å²) in [4.78, 5) is 0. The van der Waals surface area contributed by atoms with Gasteiger partial charge in [-0.3, -0.25) is 0 Å². The van der Waals surface area contributed by atoms with Gasteiger partial charge in [-0.15, -0.1) is 0 Å². The number of fused-ring (bicyclic) bond motifs is 1. The Hall–Kier alpha value is -1.87. The number of anilines is 1. The molecule has 0 aliphatic heterocycles. The second kappa shape index (κ2) is 5.86. The van der Waals surface area contributed by atoms with Gasteiger partial charge >= 0.3 is 0 Å². The maximum absolute atomic E-state index is 13.7. The predicted molar refractivity (Wildman–Crippen MR) is 90.1 cm³/mol. The summed E-state index contributed by atoms with van der Waals surface area (Å²) in [5, 5.41) is 5.77. The first kappa shape index (κ1) is 14.1. The average molecular weight is 344 g/mol. The Labute approximate surface area is 131 Å². The van der Waals surface area contributed by atoms with Gasteiger partial charge in [-0.1, -0.05) is 42.5 Å². The van der Waals surface area contributed by atoms with E-state index < -0.39 is 0 Å². The molecule has 1 N–H and O–H groups in total. The minimum absolute atomic E-state index is 0.249. The van der Waals surface area contributed by atoms with Crippen LogP contribution >= 0.6 is 15.9 Å². The van der Waals surface area contributed by atoms with E-state index in [1.807, 2.05) is 25.1 Å². The standard InChI is InChI=1S/C18H15BrFN/c1-12-9-16(19)17(20)10-18(12)21-11-14-7-4-6-13-5-2-3-8-15(13)14/h2-10,21H,11H2,1H3. The molecule has 0 spiro atoms. The van der Waals surface area contributed by atoms with Gasteiger partial charge in [0.2, 0.25) is 0 Å². The van der Waals surface area contributed by atoms with Crippen LogP contribution in [-0.2, 0) is 6.54 Å². The Balaban J connectivity index is 1.89. The van der Waals surface area contributed by atoms with E-state index >= 15 is 0 Å². The van der Waals surface area contributed by atoms with Crippen LogP contribution in [0.2, 0.25) is 0 Å². The van der Waals surface area contributed by atoms with E-state index in [1.165, 1.54) is 22.4 Å². The molecule has 0 aliphatic rings. The summed E-state index contributed by atoms with van der Waals surface area (Å²) in [5.74, 6) is -0.249. The highest BCUT2D eigenvalue weighted by Crippen LogP contribution is 2.25. The molecule has 0 heterocycles. The number of halogens is 2. The third-order valence-electron chi connectivity index (χ3n) is 3.62. The number of rotatable bonds is 3. The van der Waals surface area contributed by atoms with Crippen molar-refractivity contribution in [3.8, 4) is 0 Å². The smallest absolute Gasteiger partial charge is 0.139 e. The van der Waals surface area contributed by atoms with Crippen LogP contribution in [-0.4, -0.2) is 0 Å². The summed E-state index contributed by atoms with van der Waals surface area (Å²) in [6.07, 6.45) is 0. The van der Waals surface area contributed by atoms with E-state index in [9.17, 15) is 4.39 Å². The molecule has 0 saturated carbocycles. The molecule has 0 unspecified atom stereocenters. The quantitative estimate of drug-likeness (QED) is 0.646. The van der Waals surface area contributed by atoms with Gasteiger partial charge in [-0.25, -0.2) is 4.39 Å². The summed E-state index contributed by atoms with van der Waals surface area (Å²) >= 11 is 3.21. The van der Waals surface area contributed by atoms with E-state index in [2.05, 4.69) is 45.5 Å². The van der Waals surface area contributed by atoms with E-state index in [0.717, 1.165) is 11.3 Å². The highest BCUT2D eigenvalue weighted by molar-refractivity contribution is 9.10. The van der Waals surface area contributed by atoms with Crippen LogP contribution in [0.25, 0.3) is 10.8 Å². The first-order valence-corrected chi connectivity index (χ1v) is 7.60. The molecule has 0 atom stereocenters. The Morgan fingerprint density at radius 1 is 1.05 bits per heavy atom. The van der Waals surface area contributed by atoms with Crippen molar-refractivity contribution in [3.05, 3.63) is 76.0 Å². The van der Waals surface area contributed by atoms with Crippen molar-refractivity contribution in [1.29, 1.82) is 0 Å². The summed E-state index contributed by atoms with van der Waals surface area (Å²) in [5.41, 5.74) is 3.04. The second-order valence-corrected chi connectivity index (χ2v) is 5.93. The molecule has 0 aromatic heterocycles. The Kier molecular flexibility index (Phi) is 3.93. The van der Waals surface area contributed by atoms with Gasteiger partial charge in [0, 0.05) is 12.2 Å². The molecule has 3 aromatic rings. The zero-order chi connectivity index (χ0) is 14.8. The average Bonchev–Trinajstić information content (AvgIpc) is 2.49. The molecule has 3 rings (SSSR count). The number of benzene rings is 3. The van der Waals surface area contributed by atoms with Crippen LogP contribution in [0.1, 0.15) is 11.1 Å². The molecule has 3 heteroatoms. The van der Waals surface area contributed by atoms with Crippen molar-refractivity contribution in [1.82, 2.24) is 0 Å². The van der Waals surface area contributed by atoms with Crippen LogP contribution in [0.3, 0.4) is 0 Å². The van der Waals surface area contributed by atoms with Crippen LogP contribution in [0.15, 0.2) is 59.1 Å². The van der Waals surface area contributed by atoms with Gasteiger partial charge in [0.15, 0.2) is 0 Å². The van der Waals surface area contributed by atoms with Crippen molar-refractivity contribution in [2.75, 3.05) is 5.32 Å². The van der Waals surface area contributed by atoms with Crippen LogP contribution in [0, 0.1) is 12.7 Å². The normalized spacial score (nSPS) is 10.8. The monoisotopic (exact) mass is 343 g/mol. The molecule has 3 aromatic carbocycles. The number of aryl methyl sites for hydroxylation is 1. The summed E-state index contributed by atoms with van der Waals surface area (Å²) < 4.78 is 14.1. The molecule has 0 saturated heterocycles. The highest BCUT2D eigenvalue weighted by Gasteiger charge is 2.06. The SMILES string of the molecule is Cc1cc(Br)c(F)cc1NCc1cccc2ccccc12. The second-order valence-electron chi connectivity index (χ2n) is 5.07. The van der Waals surface area contributed by atoms with Gasteiger partial charge in [-0.2, -0.15) is 0 Å². The third kappa shape index (κ3) is 2.93. The van der Waals surface area contributed by atoms with Gasteiger partial charge in [0.25, 0.3) is 0 Å². The minimum Gasteiger partial charge on any atom is -0.381 e. The fourth-order valence-electron chi connectivity index (χ4n) is 2.47. The van der Waals surface area contributed by atoms with Crippen molar-refractivity contribution >= 4 is 32.4 Å². The highest BCUT2D eigenvalue weighted by atomic mass is 79.9. The number of hydrogen-bond acceptors (Lipinski definition) is 1. The lowest BCUT2D eigenvalue weighted by molar-refractivity contribution is 0.621. The summed E-state index contributed by atoms with van der Waals surface area (Å²) in [6.45, 7) is 2.64. The minimum atomic E-state index is -0.249. The van der Waals surface area contributed by atoms with Crippen molar-refractivity contribution in [3.63, 3.8) is 0 Å². The fraction of sp³-hybridized carbons (Fsp3) is 0.111. The zero-order valence-corrected chi connectivity index (χ0v) is 13.2. The molecular formula is C18H15BrFN. The molecule has 0 aliphatic carbocycles. The lowest BCUT2D eigenvalue weighted by Crippen LogP contribution is -2.02. The third-order valence-corrected chi connectivity index (χ3v) is 4.22. The topological polar surface area (TPSA) is 12.0 Å². The van der Waals surface area contributed by atoms with Crippen LogP contribution in [0.4, 0.5) is 10.1 Å². The van der Waals surface area contributed by atoms with Gasteiger partial charge < -0.3 is 5.32 Å². The fourth-order valence-corrected chi connectivity index (χ4v) is 2.93. The van der Waals surface area contributed by atoms with E-state index in [-0.39, 0.29) is 5.82 Å². The largest absolute Gasteiger partial charge is 0.381 e. The Morgan fingerprint density at radius 3 is 2.67 bits per heavy atom. The zero-order valence-electron chi connectivity index (χ0n) is 11.7. The Morgan fingerprint density at radius 2 is 1.81 bits per heavy atom. The number of hydrogen-bond donors (Lipinski definition) is 1. The first-order chi connectivity index (χ1) is 10.1. The summed E-state index contributed by atoms with van der Waals surface area (Å²) in [7, 11) is 0. The maximum atomic E-state index is 13.7. The molecule has 0 amide bonds. The van der Waals surface area contributed by atoms with Crippen LogP contribution in [0.5, 0.6) is 0 Å². The van der Waals surface area contributed by atoms with E-state index in [4.69, 9.17) is 0 Å². The van der Waals surface area contributed by atoms with E-state index in [1.54, 1.807) is 6.07 Å². The molecule has 0 fully saturated rings. The van der Waals surface area contributed by atoms with E-state index in [0.29, 0.717) is 11.0 Å². The molecule has 106 valence electrons. The van der Waals surface area contributed by atoms with Crippen molar-refractivity contribution in [2.45, 2.75) is 13.5 Å². The Bertz CT molecular complexity index is 793. The van der Waals surface area contributed by atoms with Gasteiger partial charge in [0.1, 0.15) is 5.82 Å². The van der Waals surface area contributed by atoms with Crippen LogP contribution < -0.4 is 5.32 Å². The first-order valence-electron chi connectivity index (χ1n) is 6.81. The summed E-state index contributed by atoms with van der Waals surface area (Å²) in [6, 6.07) is 17.9. The molecule has 0 radical (unpaired) electrons. The lowest BCUT2D eigenvalue weighted by atomic mass is 10.0.